The van der Waals surface area contributed by atoms with Crippen molar-refractivity contribution in [2.45, 2.75) is 0 Å². The Kier molecular flexibility index (Phi) is 8.77. The summed E-state index contributed by atoms with van der Waals surface area (Å²) < 4.78 is 11.2. The minimum absolute atomic E-state index is 0.0963. The van der Waals surface area contributed by atoms with Crippen molar-refractivity contribution in [1.29, 1.82) is 0 Å². The van der Waals surface area contributed by atoms with Crippen molar-refractivity contribution in [1.82, 2.24) is 16.2 Å². The van der Waals surface area contributed by atoms with Gasteiger partial charge in [0.25, 0.3) is 17.5 Å². The Labute approximate surface area is 189 Å². The highest BCUT2D eigenvalue weighted by atomic mass is 79.9. The normalized spacial score (nSPS) is 9.93. The molecule has 0 aliphatic heterocycles. The molecule has 0 bridgehead atoms. The molecule has 10 nitrogen and oxygen atoms in total. The number of amides is 2. The summed E-state index contributed by atoms with van der Waals surface area (Å²) >= 11 is 14.1. The Morgan fingerprint density at radius 1 is 1.07 bits per heavy atom. The van der Waals surface area contributed by atoms with Crippen LogP contribution in [0.2, 0.25) is 5.02 Å². The van der Waals surface area contributed by atoms with Gasteiger partial charge in [0.2, 0.25) is 0 Å². The Morgan fingerprint density at radius 2 is 1.73 bits per heavy atom. The van der Waals surface area contributed by atoms with Crippen LogP contribution in [0.1, 0.15) is 0 Å². The van der Waals surface area contributed by atoms with Crippen LogP contribution in [-0.2, 0) is 9.59 Å². The first-order valence-electron chi connectivity index (χ1n) is 8.08. The second kappa shape index (κ2) is 11.3. The van der Waals surface area contributed by atoms with Crippen molar-refractivity contribution in [3.05, 3.63) is 62.1 Å². The predicted octanol–water partition coefficient (Wildman–Crippen LogP) is 2.49. The van der Waals surface area contributed by atoms with Crippen molar-refractivity contribution in [2.75, 3.05) is 13.2 Å². The van der Waals surface area contributed by atoms with Gasteiger partial charge in [0.15, 0.2) is 18.3 Å². The van der Waals surface area contributed by atoms with Crippen molar-refractivity contribution < 1.29 is 24.0 Å². The molecule has 0 saturated carbocycles. The number of nitrogens with one attached hydrogen (secondary N) is 3. The van der Waals surface area contributed by atoms with E-state index >= 15 is 0 Å². The van der Waals surface area contributed by atoms with Gasteiger partial charge in [-0.2, -0.15) is 0 Å². The van der Waals surface area contributed by atoms with E-state index in [1.54, 1.807) is 18.2 Å². The average Bonchev–Trinajstić information content (AvgIpc) is 2.70. The molecule has 158 valence electrons. The van der Waals surface area contributed by atoms with Gasteiger partial charge in [0.05, 0.1) is 9.95 Å². The highest BCUT2D eigenvalue weighted by molar-refractivity contribution is 9.10. The quantitative estimate of drug-likeness (QED) is 0.290. The number of carbonyl (C=O) groups is 2. The SMILES string of the molecule is O=C(COc1ccc([N+](=O)[O-])cc1)NNC(=S)NC(=O)COc1ccc(Br)cc1Cl. The molecule has 2 aromatic carbocycles. The number of nitro groups is 1. The molecule has 0 radical (unpaired) electrons. The minimum atomic E-state index is -0.595. The van der Waals surface area contributed by atoms with Crippen LogP contribution in [0.4, 0.5) is 5.69 Å². The minimum Gasteiger partial charge on any atom is -0.484 e. The zero-order chi connectivity index (χ0) is 22.1. The van der Waals surface area contributed by atoms with Crippen molar-refractivity contribution >= 4 is 62.4 Å². The molecule has 0 saturated heterocycles. The fraction of sp³-hybridized carbons (Fsp3) is 0.118. The smallest absolute Gasteiger partial charge is 0.276 e. The molecule has 0 aliphatic rings. The van der Waals surface area contributed by atoms with Crippen LogP contribution < -0.4 is 25.6 Å². The zero-order valence-electron chi connectivity index (χ0n) is 15.0. The van der Waals surface area contributed by atoms with Gasteiger partial charge in [-0.1, -0.05) is 27.5 Å². The number of nitro benzene ring substituents is 1. The molecule has 0 aromatic heterocycles. The molecule has 3 N–H and O–H groups in total. The summed E-state index contributed by atoms with van der Waals surface area (Å²) in [5.74, 6) is -0.563. The van der Waals surface area contributed by atoms with E-state index in [1.807, 2.05) is 0 Å². The van der Waals surface area contributed by atoms with Crippen LogP contribution in [0.5, 0.6) is 11.5 Å². The molecule has 13 heteroatoms. The van der Waals surface area contributed by atoms with E-state index in [0.717, 1.165) is 4.47 Å². The van der Waals surface area contributed by atoms with E-state index in [2.05, 4.69) is 32.1 Å². The summed E-state index contributed by atoms with van der Waals surface area (Å²) in [4.78, 5) is 33.6. The highest BCUT2D eigenvalue weighted by Gasteiger charge is 2.10. The lowest BCUT2D eigenvalue weighted by Crippen LogP contribution is -2.50. The maximum Gasteiger partial charge on any atom is 0.276 e. The highest BCUT2D eigenvalue weighted by Crippen LogP contribution is 2.27. The summed E-state index contributed by atoms with van der Waals surface area (Å²) in [6.07, 6.45) is 0. The summed E-state index contributed by atoms with van der Waals surface area (Å²) in [6.45, 7) is -0.729. The lowest BCUT2D eigenvalue weighted by atomic mass is 10.3. The van der Waals surface area contributed by atoms with Gasteiger partial charge < -0.3 is 9.47 Å². The molecule has 0 fully saturated rings. The summed E-state index contributed by atoms with van der Waals surface area (Å²) in [5, 5.41) is 13.1. The number of non-ortho nitro benzene ring substituents is 1. The fourth-order valence-corrected chi connectivity index (χ4v) is 2.80. The largest absolute Gasteiger partial charge is 0.484 e. The van der Waals surface area contributed by atoms with Gasteiger partial charge in [0, 0.05) is 16.6 Å². The molecular weight excluding hydrogens is 504 g/mol. The number of halogens is 2. The first kappa shape index (κ1) is 23.3. The third kappa shape index (κ3) is 7.81. The van der Waals surface area contributed by atoms with Gasteiger partial charge in [-0.15, -0.1) is 0 Å². The summed E-state index contributed by atoms with van der Waals surface area (Å²) in [6, 6.07) is 10.2. The molecule has 0 unspecified atom stereocenters. The maximum atomic E-state index is 11.8. The predicted molar refractivity (Wildman–Crippen MR) is 115 cm³/mol. The Bertz CT molecular complexity index is 960. The number of hydrogen-bond acceptors (Lipinski definition) is 7. The number of hydrogen-bond donors (Lipinski definition) is 3. The number of rotatable bonds is 7. The van der Waals surface area contributed by atoms with E-state index in [9.17, 15) is 19.7 Å². The van der Waals surface area contributed by atoms with Gasteiger partial charge in [-0.25, -0.2) is 0 Å². The molecule has 0 atom stereocenters. The molecule has 0 heterocycles. The number of carbonyl (C=O) groups excluding carboxylic acids is 2. The van der Waals surface area contributed by atoms with Gasteiger partial charge in [0.1, 0.15) is 11.5 Å². The van der Waals surface area contributed by atoms with Gasteiger partial charge in [-0.3, -0.25) is 35.9 Å². The molecule has 30 heavy (non-hydrogen) atoms. The summed E-state index contributed by atoms with van der Waals surface area (Å²) in [7, 11) is 0. The third-order valence-electron chi connectivity index (χ3n) is 3.24. The van der Waals surface area contributed by atoms with E-state index in [0.29, 0.717) is 10.8 Å². The van der Waals surface area contributed by atoms with Crippen molar-refractivity contribution in [3.63, 3.8) is 0 Å². The molecule has 2 amide bonds. The first-order valence-corrected chi connectivity index (χ1v) is 9.66. The summed E-state index contributed by atoms with van der Waals surface area (Å²) in [5.41, 5.74) is 4.47. The van der Waals surface area contributed by atoms with Crippen LogP contribution in [0.25, 0.3) is 0 Å². The fourth-order valence-electron chi connectivity index (χ4n) is 1.91. The van der Waals surface area contributed by atoms with Crippen LogP contribution in [0.3, 0.4) is 0 Å². The zero-order valence-corrected chi connectivity index (χ0v) is 18.2. The number of benzene rings is 2. The van der Waals surface area contributed by atoms with Gasteiger partial charge in [-0.05, 0) is 42.5 Å². The first-order chi connectivity index (χ1) is 14.2. The van der Waals surface area contributed by atoms with E-state index in [1.165, 1.54) is 24.3 Å². The molecule has 0 aliphatic carbocycles. The third-order valence-corrected chi connectivity index (χ3v) is 4.23. The maximum absolute atomic E-state index is 11.8. The number of thiocarbonyl (C=S) groups is 1. The Balaban J connectivity index is 1.67. The van der Waals surface area contributed by atoms with Crippen LogP contribution >= 0.6 is 39.7 Å². The van der Waals surface area contributed by atoms with E-state index in [4.69, 9.17) is 33.3 Å². The molecule has 0 spiro atoms. The lowest BCUT2D eigenvalue weighted by Gasteiger charge is -2.12. The number of ether oxygens (including phenoxy) is 2. The second-order valence-electron chi connectivity index (χ2n) is 5.45. The van der Waals surface area contributed by atoms with Gasteiger partial charge >= 0.3 is 0 Å². The lowest BCUT2D eigenvalue weighted by molar-refractivity contribution is -0.384. The monoisotopic (exact) mass is 516 g/mol. The van der Waals surface area contributed by atoms with Crippen LogP contribution in [0, 0.1) is 10.1 Å². The number of hydrazine groups is 1. The van der Waals surface area contributed by atoms with Crippen LogP contribution in [-0.4, -0.2) is 35.1 Å². The van der Waals surface area contributed by atoms with E-state index in [-0.39, 0.29) is 29.8 Å². The molecule has 2 aromatic rings. The topological polar surface area (TPSA) is 132 Å². The van der Waals surface area contributed by atoms with E-state index < -0.39 is 16.7 Å². The second-order valence-corrected chi connectivity index (χ2v) is 7.18. The molecular formula is C17H14BrClN4O6S. The van der Waals surface area contributed by atoms with Crippen molar-refractivity contribution in [2.24, 2.45) is 0 Å². The standard InChI is InChI=1S/C17H14BrClN4O6S/c18-10-1-6-14(13(19)7-10)29-8-15(24)20-17(30)22-21-16(25)9-28-12-4-2-11(3-5-12)23(26)27/h1-7H,8-9H2,(H,21,25)(H2,20,22,24,30). The molecule has 2 rings (SSSR count). The Hall–Kier alpha value is -2.96. The van der Waals surface area contributed by atoms with Crippen LogP contribution in [0.15, 0.2) is 46.9 Å². The average molecular weight is 518 g/mol. The van der Waals surface area contributed by atoms with Crippen molar-refractivity contribution in [3.8, 4) is 11.5 Å². The Morgan fingerprint density at radius 3 is 2.37 bits per heavy atom. The number of nitrogens with zero attached hydrogens (tertiary/aromatic N) is 1.